The Hall–Kier alpha value is -1.02. The Labute approximate surface area is 123 Å². The topological polar surface area (TPSA) is 75.6 Å². The monoisotopic (exact) mass is 383 g/mol. The van der Waals surface area contributed by atoms with Gasteiger partial charge in [-0.2, -0.15) is 0 Å². The summed E-state index contributed by atoms with van der Waals surface area (Å²) in [5.74, 6) is -0.981. The highest BCUT2D eigenvalue weighted by Crippen LogP contribution is 2.28. The summed E-state index contributed by atoms with van der Waals surface area (Å²) < 4.78 is 5.86. The molecule has 5 nitrogen and oxygen atoms in total. The van der Waals surface area contributed by atoms with Crippen molar-refractivity contribution < 1.29 is 19.4 Å². The molecule has 2 N–H and O–H groups in total. The molecular formula is C11H11ClINO4. The number of amides is 1. The van der Waals surface area contributed by atoms with Gasteiger partial charge in [0.05, 0.1) is 24.1 Å². The minimum absolute atomic E-state index is 0.0565. The predicted octanol–water partition coefficient (Wildman–Crippen LogP) is 2.16. The second kappa shape index (κ2) is 6.79. The third kappa shape index (κ3) is 4.02. The highest BCUT2D eigenvalue weighted by molar-refractivity contribution is 14.1. The number of benzene rings is 1. The van der Waals surface area contributed by atoms with Crippen molar-refractivity contribution in [3.8, 4) is 5.75 Å². The van der Waals surface area contributed by atoms with E-state index in [1.54, 1.807) is 6.07 Å². The molecule has 0 heterocycles. The molecule has 0 aromatic heterocycles. The van der Waals surface area contributed by atoms with Crippen LogP contribution in [0.3, 0.4) is 0 Å². The number of hydrogen-bond acceptors (Lipinski definition) is 3. The van der Waals surface area contributed by atoms with Crippen LogP contribution in [0.1, 0.15) is 16.8 Å². The number of aliphatic carboxylic acids is 1. The van der Waals surface area contributed by atoms with Gasteiger partial charge >= 0.3 is 5.97 Å². The molecule has 1 rings (SSSR count). The number of nitrogens with one attached hydrogen (secondary N) is 1. The van der Waals surface area contributed by atoms with Crippen LogP contribution in [0, 0.1) is 3.57 Å². The number of halogens is 2. The maximum atomic E-state index is 11.8. The summed E-state index contributed by atoms with van der Waals surface area (Å²) in [6.45, 7) is 0.0565. The normalized spacial score (nSPS) is 9.94. The Morgan fingerprint density at radius 1 is 1.50 bits per heavy atom. The number of carbonyl (C=O) groups excluding carboxylic acids is 1. The van der Waals surface area contributed by atoms with Crippen LogP contribution in [0.25, 0.3) is 0 Å². The van der Waals surface area contributed by atoms with Crippen LogP contribution >= 0.6 is 34.2 Å². The fourth-order valence-corrected chi connectivity index (χ4v) is 1.86. The van der Waals surface area contributed by atoms with Gasteiger partial charge in [0.15, 0.2) is 0 Å². The molecule has 0 aliphatic heterocycles. The van der Waals surface area contributed by atoms with Crippen LogP contribution in [-0.4, -0.2) is 30.6 Å². The van der Waals surface area contributed by atoms with E-state index in [1.165, 1.54) is 13.2 Å². The van der Waals surface area contributed by atoms with Crippen LogP contribution in [0.2, 0.25) is 5.02 Å². The second-order valence-electron chi connectivity index (χ2n) is 3.37. The van der Waals surface area contributed by atoms with Gasteiger partial charge in [-0.1, -0.05) is 11.6 Å². The fourth-order valence-electron chi connectivity index (χ4n) is 1.25. The minimum Gasteiger partial charge on any atom is -0.496 e. The van der Waals surface area contributed by atoms with E-state index in [4.69, 9.17) is 21.4 Å². The summed E-state index contributed by atoms with van der Waals surface area (Å²) in [6.07, 6.45) is -0.133. The Morgan fingerprint density at radius 3 is 2.72 bits per heavy atom. The van der Waals surface area contributed by atoms with Crippen LogP contribution < -0.4 is 10.1 Å². The van der Waals surface area contributed by atoms with Crippen molar-refractivity contribution in [3.63, 3.8) is 0 Å². The molecule has 1 amide bonds. The molecule has 0 spiro atoms. The van der Waals surface area contributed by atoms with Crippen LogP contribution in [0.15, 0.2) is 12.1 Å². The molecule has 0 saturated heterocycles. The molecule has 1 aromatic rings. The zero-order valence-electron chi connectivity index (χ0n) is 9.50. The average molecular weight is 384 g/mol. The molecule has 0 atom stereocenters. The van der Waals surface area contributed by atoms with Crippen LogP contribution in [-0.2, 0) is 4.79 Å². The molecule has 0 bridgehead atoms. The lowest BCUT2D eigenvalue weighted by molar-refractivity contribution is -0.136. The average Bonchev–Trinajstić information content (AvgIpc) is 2.31. The molecule has 0 unspecified atom stereocenters. The van der Waals surface area contributed by atoms with E-state index in [0.717, 1.165) is 3.57 Å². The third-order valence-electron chi connectivity index (χ3n) is 2.11. The van der Waals surface area contributed by atoms with Gasteiger partial charge < -0.3 is 15.2 Å². The molecular weight excluding hydrogens is 372 g/mol. The number of hydrogen-bond donors (Lipinski definition) is 2. The molecule has 98 valence electrons. The number of carboxylic acid groups (broad SMARTS) is 1. The van der Waals surface area contributed by atoms with Gasteiger partial charge in [-0.25, -0.2) is 0 Å². The van der Waals surface area contributed by atoms with Crippen molar-refractivity contribution in [1.82, 2.24) is 5.32 Å². The van der Waals surface area contributed by atoms with Crippen molar-refractivity contribution in [3.05, 3.63) is 26.3 Å². The summed E-state index contributed by atoms with van der Waals surface area (Å²) in [7, 11) is 1.45. The lowest BCUT2D eigenvalue weighted by Gasteiger charge is -2.10. The van der Waals surface area contributed by atoms with Gasteiger partial charge in [0, 0.05) is 10.1 Å². The van der Waals surface area contributed by atoms with Crippen molar-refractivity contribution in [2.24, 2.45) is 0 Å². The Bertz CT molecular complexity index is 478. The number of ether oxygens (including phenoxy) is 1. The zero-order chi connectivity index (χ0) is 13.7. The quantitative estimate of drug-likeness (QED) is 0.764. The largest absolute Gasteiger partial charge is 0.496 e. The van der Waals surface area contributed by atoms with E-state index in [1.807, 2.05) is 22.6 Å². The molecule has 0 aliphatic carbocycles. The van der Waals surface area contributed by atoms with E-state index in [9.17, 15) is 9.59 Å². The van der Waals surface area contributed by atoms with Crippen molar-refractivity contribution in [2.75, 3.05) is 13.7 Å². The first kappa shape index (κ1) is 15.0. The summed E-state index contributed by atoms with van der Waals surface area (Å²) in [4.78, 5) is 22.2. The Balaban J connectivity index is 2.84. The Morgan fingerprint density at radius 2 is 2.17 bits per heavy atom. The SMILES string of the molecule is COc1cc(I)c(Cl)cc1C(=O)NCCC(=O)O. The van der Waals surface area contributed by atoms with Gasteiger partial charge in [-0.3, -0.25) is 9.59 Å². The summed E-state index contributed by atoms with van der Waals surface area (Å²) in [5.41, 5.74) is 0.285. The number of carboxylic acids is 1. The molecule has 0 fully saturated rings. The first-order valence-corrected chi connectivity index (χ1v) is 6.44. The summed E-state index contributed by atoms with van der Waals surface area (Å²) >= 11 is 7.96. The van der Waals surface area contributed by atoms with E-state index in [0.29, 0.717) is 10.8 Å². The number of methoxy groups -OCH3 is 1. The lowest BCUT2D eigenvalue weighted by atomic mass is 10.2. The first-order valence-electron chi connectivity index (χ1n) is 4.98. The Kier molecular flexibility index (Phi) is 5.67. The first-order chi connectivity index (χ1) is 8.45. The lowest BCUT2D eigenvalue weighted by Crippen LogP contribution is -2.26. The number of carbonyl (C=O) groups is 2. The van der Waals surface area contributed by atoms with E-state index in [-0.39, 0.29) is 18.5 Å². The maximum Gasteiger partial charge on any atom is 0.305 e. The minimum atomic E-state index is -0.970. The van der Waals surface area contributed by atoms with Crippen molar-refractivity contribution in [2.45, 2.75) is 6.42 Å². The smallest absolute Gasteiger partial charge is 0.305 e. The van der Waals surface area contributed by atoms with Gasteiger partial charge in [0.1, 0.15) is 5.75 Å². The van der Waals surface area contributed by atoms with E-state index in [2.05, 4.69) is 5.32 Å². The summed E-state index contributed by atoms with van der Waals surface area (Å²) in [6, 6.07) is 3.15. The van der Waals surface area contributed by atoms with Crippen LogP contribution in [0.5, 0.6) is 5.75 Å². The highest BCUT2D eigenvalue weighted by Gasteiger charge is 2.15. The zero-order valence-corrected chi connectivity index (χ0v) is 12.4. The summed E-state index contributed by atoms with van der Waals surface area (Å²) in [5, 5.41) is 11.4. The highest BCUT2D eigenvalue weighted by atomic mass is 127. The van der Waals surface area contributed by atoms with E-state index >= 15 is 0 Å². The molecule has 0 aliphatic rings. The van der Waals surface area contributed by atoms with E-state index < -0.39 is 11.9 Å². The van der Waals surface area contributed by atoms with Gasteiger partial charge in [-0.05, 0) is 34.7 Å². The molecule has 0 radical (unpaired) electrons. The van der Waals surface area contributed by atoms with Gasteiger partial charge in [-0.15, -0.1) is 0 Å². The van der Waals surface area contributed by atoms with Gasteiger partial charge in [0.2, 0.25) is 0 Å². The van der Waals surface area contributed by atoms with Gasteiger partial charge in [0.25, 0.3) is 5.91 Å². The maximum absolute atomic E-state index is 11.8. The molecule has 18 heavy (non-hydrogen) atoms. The number of rotatable bonds is 5. The third-order valence-corrected chi connectivity index (χ3v) is 3.64. The van der Waals surface area contributed by atoms with Crippen molar-refractivity contribution >= 4 is 46.1 Å². The standard InChI is InChI=1S/C11H11ClINO4/c1-18-9-5-8(13)7(12)4-6(9)11(17)14-3-2-10(15)16/h4-5H,2-3H2,1H3,(H,14,17)(H,15,16). The van der Waals surface area contributed by atoms with Crippen molar-refractivity contribution in [1.29, 1.82) is 0 Å². The molecule has 0 saturated carbocycles. The molecule has 7 heteroatoms. The predicted molar refractivity (Wildman–Crippen MR) is 75.3 cm³/mol. The van der Waals surface area contributed by atoms with Crippen LogP contribution in [0.4, 0.5) is 0 Å². The fraction of sp³-hybridized carbons (Fsp3) is 0.273. The second-order valence-corrected chi connectivity index (χ2v) is 4.94. The molecule has 1 aromatic carbocycles.